The lowest BCUT2D eigenvalue weighted by Crippen LogP contribution is -2.74. The maximum Gasteiger partial charge on any atom is 0.262 e. The highest BCUT2D eigenvalue weighted by atomic mass is 35.5. The number of carbonyl (C=O) groups is 6. The number of benzene rings is 3. The van der Waals surface area contributed by atoms with Crippen molar-refractivity contribution in [2.45, 2.75) is 71.6 Å². The number of hydrogen-bond acceptors (Lipinski definition) is 10. The topological polar surface area (TPSA) is 172 Å². The summed E-state index contributed by atoms with van der Waals surface area (Å²) in [5, 5.41) is 15.0. The van der Waals surface area contributed by atoms with E-state index in [1.54, 1.807) is 54.6 Å². The fourth-order valence-corrected chi connectivity index (χ4v) is 10.5. The zero-order valence-corrected chi connectivity index (χ0v) is 35.6. The van der Waals surface area contributed by atoms with E-state index in [4.69, 9.17) is 16.3 Å². The zero-order chi connectivity index (χ0) is 43.4. The molecule has 1 aliphatic carbocycles. The number of hydrogen-bond donors (Lipinski definition) is 2. The van der Waals surface area contributed by atoms with Crippen molar-refractivity contribution in [1.82, 2.24) is 25.3 Å². The van der Waals surface area contributed by atoms with Crippen LogP contribution in [0.3, 0.4) is 0 Å². The van der Waals surface area contributed by atoms with Gasteiger partial charge in [-0.1, -0.05) is 39.3 Å². The Labute approximate surface area is 360 Å². The molecule has 3 saturated heterocycles. The summed E-state index contributed by atoms with van der Waals surface area (Å²) in [5.41, 5.74) is 2.00. The van der Waals surface area contributed by atoms with Crippen LogP contribution in [0.1, 0.15) is 100 Å². The number of nitrogens with one attached hydrogen (secondary N) is 2. The van der Waals surface area contributed by atoms with Gasteiger partial charge in [-0.05, 0) is 79.8 Å². The van der Waals surface area contributed by atoms with E-state index >= 15 is 0 Å². The van der Waals surface area contributed by atoms with Crippen LogP contribution in [0.2, 0.25) is 5.02 Å². The summed E-state index contributed by atoms with van der Waals surface area (Å²) in [6.45, 7) is 13.5. The normalized spacial score (nSPS) is 23.8. The Morgan fingerprint density at radius 2 is 1.49 bits per heavy atom. The molecule has 1 atom stereocenters. The predicted molar refractivity (Wildman–Crippen MR) is 226 cm³/mol. The van der Waals surface area contributed by atoms with Crippen LogP contribution in [0.4, 0.5) is 5.69 Å². The number of anilines is 1. The third kappa shape index (κ3) is 7.85. The third-order valence-electron chi connectivity index (χ3n) is 13.4. The van der Waals surface area contributed by atoms with E-state index in [2.05, 4.69) is 54.2 Å². The van der Waals surface area contributed by atoms with E-state index in [1.165, 1.54) is 0 Å². The first kappa shape index (κ1) is 41.9. The number of nitrogens with zero attached hydrogens (tertiary/aromatic N) is 5. The summed E-state index contributed by atoms with van der Waals surface area (Å²) < 4.78 is 6.36. The highest BCUT2D eigenvalue weighted by molar-refractivity contribution is 6.31. The summed E-state index contributed by atoms with van der Waals surface area (Å²) in [4.78, 5) is 85.0. The second kappa shape index (κ2) is 16.2. The van der Waals surface area contributed by atoms with E-state index in [9.17, 15) is 34.0 Å². The summed E-state index contributed by atoms with van der Waals surface area (Å²) in [6.07, 6.45) is 1.90. The van der Waals surface area contributed by atoms with Gasteiger partial charge >= 0.3 is 0 Å². The van der Waals surface area contributed by atoms with Crippen LogP contribution in [0.15, 0.2) is 60.7 Å². The van der Waals surface area contributed by atoms with E-state index < -0.39 is 40.5 Å². The molecular formula is C46H50ClN7O7. The number of imide groups is 2. The molecule has 4 aliphatic heterocycles. The van der Waals surface area contributed by atoms with Gasteiger partial charge in [-0.25, -0.2) is 0 Å². The van der Waals surface area contributed by atoms with Gasteiger partial charge in [-0.2, -0.15) is 5.26 Å². The maximum absolute atomic E-state index is 13.5. The smallest absolute Gasteiger partial charge is 0.262 e. The first-order chi connectivity index (χ1) is 29.1. The van der Waals surface area contributed by atoms with E-state index in [1.807, 2.05) is 11.0 Å². The van der Waals surface area contributed by atoms with Gasteiger partial charge in [-0.15, -0.1) is 0 Å². The van der Waals surface area contributed by atoms with Gasteiger partial charge in [0.15, 0.2) is 0 Å². The van der Waals surface area contributed by atoms with E-state index in [0.29, 0.717) is 46.5 Å². The third-order valence-corrected chi connectivity index (χ3v) is 13.7. The molecule has 1 unspecified atom stereocenters. The van der Waals surface area contributed by atoms with Gasteiger partial charge in [0.25, 0.3) is 23.6 Å². The zero-order valence-electron chi connectivity index (χ0n) is 34.8. The Kier molecular flexibility index (Phi) is 11.2. The standard InChI is InChI=1S/C46H50ClN7O7/c1-45(2)43(46(3,4)44(45)61-32-11-9-30(25-48)35(47)24-32)50-38(56)28-5-7-29(8-6-28)40(58)53-21-19-51(20-22-53)26-27-15-17-52(18-16-27)31-10-12-33-34(23-31)42(60)54(41(33)59)36-13-14-37(55)49-39(36)57/h5-12,23-24,27,36,43-44H,13-22,26H2,1-4H3,(H,50,56)(H,49,55,57). The number of nitriles is 1. The van der Waals surface area contributed by atoms with Crippen molar-refractivity contribution in [3.05, 3.63) is 93.5 Å². The molecule has 15 heteroatoms. The summed E-state index contributed by atoms with van der Waals surface area (Å²) >= 11 is 6.24. The molecule has 61 heavy (non-hydrogen) atoms. The van der Waals surface area contributed by atoms with Gasteiger partial charge in [0.05, 0.1) is 21.7 Å². The molecule has 8 rings (SSSR count). The number of carbonyl (C=O) groups excluding carboxylic acids is 6. The van der Waals surface area contributed by atoms with Crippen LogP contribution >= 0.6 is 11.6 Å². The summed E-state index contributed by atoms with van der Waals surface area (Å²) in [7, 11) is 0. The number of piperazine rings is 1. The SMILES string of the molecule is CC1(C)C(NC(=O)c2ccc(C(=O)N3CCN(CC4CCN(c5ccc6c(c5)C(=O)N(C5CCC(=O)NC5=O)C6=O)CC4)CC3)cc2)C(C)(C)C1Oc1ccc(C#N)c(Cl)c1. The molecule has 0 bridgehead atoms. The van der Waals surface area contributed by atoms with Gasteiger partial charge in [0, 0.05) is 92.0 Å². The molecule has 14 nitrogen and oxygen atoms in total. The highest BCUT2D eigenvalue weighted by Gasteiger charge is 2.64. The Morgan fingerprint density at radius 1 is 0.836 bits per heavy atom. The van der Waals surface area contributed by atoms with Crippen molar-refractivity contribution in [3.63, 3.8) is 0 Å². The van der Waals surface area contributed by atoms with Gasteiger partial charge in [-0.3, -0.25) is 43.9 Å². The van der Waals surface area contributed by atoms with Crippen molar-refractivity contribution in [1.29, 1.82) is 5.26 Å². The summed E-state index contributed by atoms with van der Waals surface area (Å²) in [5.74, 6) is -1.26. The predicted octanol–water partition coefficient (Wildman–Crippen LogP) is 4.90. The molecule has 0 aromatic heterocycles. The Bertz CT molecular complexity index is 2330. The van der Waals surface area contributed by atoms with Crippen LogP contribution < -0.4 is 20.3 Å². The molecule has 4 fully saturated rings. The lowest BCUT2D eigenvalue weighted by atomic mass is 9.49. The van der Waals surface area contributed by atoms with Crippen LogP contribution in [0.25, 0.3) is 0 Å². The largest absolute Gasteiger partial charge is 0.489 e. The lowest BCUT2D eigenvalue weighted by molar-refractivity contribution is -0.164. The molecule has 2 N–H and O–H groups in total. The number of amides is 6. The first-order valence-corrected chi connectivity index (χ1v) is 21.3. The van der Waals surface area contributed by atoms with Gasteiger partial charge in [0.2, 0.25) is 11.8 Å². The molecule has 318 valence electrons. The fourth-order valence-electron chi connectivity index (χ4n) is 10.3. The number of ether oxygens (including phenoxy) is 1. The molecule has 0 spiro atoms. The van der Waals surface area contributed by atoms with Crippen molar-refractivity contribution < 1.29 is 33.5 Å². The maximum atomic E-state index is 13.5. The minimum absolute atomic E-state index is 0.0566. The number of rotatable bonds is 9. The monoisotopic (exact) mass is 847 g/mol. The Balaban J connectivity index is 0.786. The fraction of sp³-hybridized carbons (Fsp3) is 0.457. The Hall–Kier alpha value is -5.78. The lowest BCUT2D eigenvalue weighted by Gasteiger charge is -2.63. The number of halogens is 1. The average molecular weight is 848 g/mol. The van der Waals surface area contributed by atoms with Crippen molar-refractivity contribution in [3.8, 4) is 11.8 Å². The first-order valence-electron chi connectivity index (χ1n) is 21.0. The van der Waals surface area contributed by atoms with Crippen molar-refractivity contribution in [2.24, 2.45) is 16.7 Å². The molecule has 5 aliphatic rings. The molecule has 4 heterocycles. The van der Waals surface area contributed by atoms with Crippen LogP contribution in [0, 0.1) is 28.1 Å². The number of fused-ring (bicyclic) bond motifs is 1. The highest BCUT2D eigenvalue weighted by Crippen LogP contribution is 2.55. The molecular weight excluding hydrogens is 798 g/mol. The Morgan fingerprint density at radius 3 is 2.13 bits per heavy atom. The van der Waals surface area contributed by atoms with Gasteiger partial charge < -0.3 is 19.9 Å². The minimum atomic E-state index is -0.990. The molecule has 3 aromatic carbocycles. The van der Waals surface area contributed by atoms with Crippen molar-refractivity contribution in [2.75, 3.05) is 50.7 Å². The number of piperidine rings is 2. The van der Waals surface area contributed by atoms with Crippen LogP contribution in [-0.2, 0) is 9.59 Å². The second-order valence-corrected chi connectivity index (χ2v) is 18.5. The molecule has 1 saturated carbocycles. The molecule has 0 radical (unpaired) electrons. The quantitative estimate of drug-likeness (QED) is 0.282. The minimum Gasteiger partial charge on any atom is -0.489 e. The second-order valence-electron chi connectivity index (χ2n) is 18.1. The average Bonchev–Trinajstić information content (AvgIpc) is 3.49. The van der Waals surface area contributed by atoms with Crippen LogP contribution in [0.5, 0.6) is 5.75 Å². The van der Waals surface area contributed by atoms with Gasteiger partial charge in [0.1, 0.15) is 24.0 Å². The van der Waals surface area contributed by atoms with E-state index in [0.717, 1.165) is 56.2 Å². The molecule has 3 aromatic rings. The molecule has 6 amide bonds. The van der Waals surface area contributed by atoms with E-state index in [-0.39, 0.29) is 47.9 Å². The van der Waals surface area contributed by atoms with Crippen LogP contribution in [-0.4, -0.2) is 114 Å². The summed E-state index contributed by atoms with van der Waals surface area (Å²) in [6, 6.07) is 18.0. The van der Waals surface area contributed by atoms with Crippen molar-refractivity contribution >= 4 is 52.7 Å².